The maximum Gasteiger partial charge on any atom is 0.337 e. The summed E-state index contributed by atoms with van der Waals surface area (Å²) in [7, 11) is 1.32. The summed E-state index contributed by atoms with van der Waals surface area (Å²) < 4.78 is 5.11. The van der Waals surface area contributed by atoms with Crippen LogP contribution in [0.4, 0.5) is 5.69 Å². The number of halogens is 1. The number of thiocarbonyl (C=S) groups is 1. The lowest BCUT2D eigenvalue weighted by molar-refractivity contribution is -0.113. The van der Waals surface area contributed by atoms with Crippen molar-refractivity contribution in [1.82, 2.24) is 0 Å². The molecule has 0 bridgehead atoms. The first kappa shape index (κ1) is 17.7. The van der Waals surface area contributed by atoms with E-state index in [4.69, 9.17) is 23.8 Å². The molecule has 0 unspecified atom stereocenters. The summed E-state index contributed by atoms with van der Waals surface area (Å²) >= 11 is 12.4. The Kier molecular flexibility index (Phi) is 5.22. The summed E-state index contributed by atoms with van der Waals surface area (Å²) in [5, 5.41) is 0.635. The molecular formula is C18H12ClNO3S2. The molecule has 0 aromatic heterocycles. The maximum atomic E-state index is 12.7. The van der Waals surface area contributed by atoms with E-state index in [2.05, 4.69) is 4.74 Å². The minimum atomic E-state index is -0.431. The zero-order valence-electron chi connectivity index (χ0n) is 13.1. The van der Waals surface area contributed by atoms with Gasteiger partial charge in [-0.1, -0.05) is 47.7 Å². The van der Waals surface area contributed by atoms with E-state index in [0.717, 1.165) is 5.56 Å². The topological polar surface area (TPSA) is 46.6 Å². The van der Waals surface area contributed by atoms with Gasteiger partial charge in [0.15, 0.2) is 4.32 Å². The second kappa shape index (κ2) is 7.39. The Labute approximate surface area is 159 Å². The van der Waals surface area contributed by atoms with E-state index in [1.54, 1.807) is 42.5 Å². The van der Waals surface area contributed by atoms with E-state index in [1.807, 2.05) is 12.1 Å². The minimum absolute atomic E-state index is 0.198. The Morgan fingerprint density at radius 2 is 1.80 bits per heavy atom. The lowest BCUT2D eigenvalue weighted by Crippen LogP contribution is -2.27. The fourth-order valence-electron chi connectivity index (χ4n) is 2.27. The summed E-state index contributed by atoms with van der Waals surface area (Å²) in [6.07, 6.45) is 1.78. The number of amides is 1. The first-order valence-corrected chi connectivity index (χ1v) is 8.82. The third kappa shape index (κ3) is 3.76. The normalized spacial score (nSPS) is 15.8. The zero-order valence-corrected chi connectivity index (χ0v) is 15.5. The Hall–Kier alpha value is -2.15. The van der Waals surface area contributed by atoms with Crippen LogP contribution < -0.4 is 4.90 Å². The first-order chi connectivity index (χ1) is 12.0. The van der Waals surface area contributed by atoms with Gasteiger partial charge in [-0.3, -0.25) is 9.69 Å². The predicted octanol–water partition coefficient (Wildman–Crippen LogP) is 4.53. The van der Waals surface area contributed by atoms with Gasteiger partial charge in [-0.05, 0) is 48.0 Å². The highest BCUT2D eigenvalue weighted by atomic mass is 35.5. The van der Waals surface area contributed by atoms with Gasteiger partial charge in [0, 0.05) is 5.02 Å². The molecule has 7 heteroatoms. The maximum absolute atomic E-state index is 12.7. The van der Waals surface area contributed by atoms with Crippen molar-refractivity contribution < 1.29 is 14.3 Å². The molecule has 126 valence electrons. The van der Waals surface area contributed by atoms with Crippen molar-refractivity contribution in [2.45, 2.75) is 0 Å². The lowest BCUT2D eigenvalue weighted by Gasteiger charge is -2.14. The highest BCUT2D eigenvalue weighted by molar-refractivity contribution is 8.27. The van der Waals surface area contributed by atoms with Crippen LogP contribution in [0.5, 0.6) is 0 Å². The molecule has 1 aliphatic rings. The molecule has 1 saturated heterocycles. The highest BCUT2D eigenvalue weighted by Crippen LogP contribution is 2.36. The minimum Gasteiger partial charge on any atom is -0.465 e. The van der Waals surface area contributed by atoms with Crippen LogP contribution >= 0.6 is 35.6 Å². The number of nitrogens with zero attached hydrogens (tertiary/aromatic N) is 1. The van der Waals surface area contributed by atoms with Gasteiger partial charge in [0.2, 0.25) is 0 Å². The number of anilines is 1. The Morgan fingerprint density at radius 3 is 2.40 bits per heavy atom. The fraction of sp³-hybridized carbons (Fsp3) is 0.0556. The molecular weight excluding hydrogens is 378 g/mol. The van der Waals surface area contributed by atoms with Crippen LogP contribution in [0.1, 0.15) is 15.9 Å². The number of carbonyl (C=O) groups excluding carboxylic acids is 2. The second-order valence-corrected chi connectivity index (χ2v) is 7.22. The smallest absolute Gasteiger partial charge is 0.337 e. The summed E-state index contributed by atoms with van der Waals surface area (Å²) in [5.41, 5.74) is 1.88. The molecule has 0 saturated carbocycles. The van der Waals surface area contributed by atoms with E-state index in [9.17, 15) is 9.59 Å². The Bertz CT molecular complexity index is 876. The van der Waals surface area contributed by atoms with Gasteiger partial charge in [0.05, 0.1) is 23.3 Å². The molecule has 2 aromatic carbocycles. The number of ether oxygens (including phenoxy) is 1. The summed E-state index contributed by atoms with van der Waals surface area (Å²) in [6, 6.07) is 13.7. The quantitative estimate of drug-likeness (QED) is 0.438. The van der Waals surface area contributed by atoms with Gasteiger partial charge in [-0.15, -0.1) is 0 Å². The van der Waals surface area contributed by atoms with E-state index in [1.165, 1.54) is 23.8 Å². The molecule has 1 amide bonds. The van der Waals surface area contributed by atoms with Crippen molar-refractivity contribution in [2.24, 2.45) is 0 Å². The number of benzene rings is 2. The summed E-state index contributed by atoms with van der Waals surface area (Å²) in [4.78, 5) is 26.2. The summed E-state index contributed by atoms with van der Waals surface area (Å²) in [5.74, 6) is -0.629. The molecule has 1 aliphatic heterocycles. The van der Waals surface area contributed by atoms with Gasteiger partial charge in [0.25, 0.3) is 5.91 Å². The largest absolute Gasteiger partial charge is 0.465 e. The number of carbonyl (C=O) groups is 2. The van der Waals surface area contributed by atoms with Crippen LogP contribution in [0, 0.1) is 0 Å². The number of methoxy groups -OCH3 is 1. The van der Waals surface area contributed by atoms with Gasteiger partial charge in [-0.25, -0.2) is 4.79 Å². The molecule has 1 heterocycles. The van der Waals surface area contributed by atoms with Crippen molar-refractivity contribution in [3.8, 4) is 0 Å². The molecule has 1 fully saturated rings. The number of esters is 1. The van der Waals surface area contributed by atoms with E-state index in [-0.39, 0.29) is 5.91 Å². The summed E-state index contributed by atoms with van der Waals surface area (Å²) in [6.45, 7) is 0. The first-order valence-electron chi connectivity index (χ1n) is 7.21. The third-order valence-corrected chi connectivity index (χ3v) is 5.06. The number of thioether (sulfide) groups is 1. The van der Waals surface area contributed by atoms with Gasteiger partial charge in [0.1, 0.15) is 0 Å². The average molecular weight is 390 g/mol. The molecule has 0 aliphatic carbocycles. The molecule has 4 nitrogen and oxygen atoms in total. The van der Waals surface area contributed by atoms with Crippen molar-refractivity contribution in [3.05, 3.63) is 69.6 Å². The lowest BCUT2D eigenvalue weighted by atomic mass is 10.2. The average Bonchev–Trinajstić information content (AvgIpc) is 2.90. The van der Waals surface area contributed by atoms with Gasteiger partial charge in [-0.2, -0.15) is 0 Å². The van der Waals surface area contributed by atoms with Crippen LogP contribution in [-0.4, -0.2) is 23.3 Å². The van der Waals surface area contributed by atoms with Crippen molar-refractivity contribution >= 4 is 63.5 Å². The molecule has 2 aromatic rings. The molecule has 0 atom stereocenters. The Balaban J connectivity index is 1.86. The Morgan fingerprint density at radius 1 is 1.16 bits per heavy atom. The molecule has 3 rings (SSSR count). The number of hydrogen-bond donors (Lipinski definition) is 0. The second-order valence-electron chi connectivity index (χ2n) is 5.11. The number of hydrogen-bond acceptors (Lipinski definition) is 5. The number of rotatable bonds is 3. The van der Waals surface area contributed by atoms with Crippen molar-refractivity contribution in [3.63, 3.8) is 0 Å². The van der Waals surface area contributed by atoms with Crippen LogP contribution in [0.15, 0.2) is 53.4 Å². The molecule has 0 N–H and O–H groups in total. The van der Waals surface area contributed by atoms with E-state index in [0.29, 0.717) is 25.5 Å². The predicted molar refractivity (Wildman–Crippen MR) is 105 cm³/mol. The standard InChI is InChI=1S/C18H12ClNO3S2/c1-23-17(22)12-4-8-14(9-5-12)20-16(21)15(25-18(20)24)10-11-2-6-13(19)7-3-11/h2-10H,1H3/b15-10-. The zero-order chi connectivity index (χ0) is 18.0. The SMILES string of the molecule is COC(=O)c1ccc(N2C(=O)/C(=C/c3ccc(Cl)cc3)SC2=S)cc1. The molecule has 0 spiro atoms. The van der Waals surface area contributed by atoms with Gasteiger partial charge >= 0.3 is 5.97 Å². The van der Waals surface area contributed by atoms with Crippen molar-refractivity contribution in [2.75, 3.05) is 12.0 Å². The van der Waals surface area contributed by atoms with Crippen LogP contribution in [0.3, 0.4) is 0 Å². The van der Waals surface area contributed by atoms with Crippen LogP contribution in [-0.2, 0) is 9.53 Å². The molecule has 25 heavy (non-hydrogen) atoms. The highest BCUT2D eigenvalue weighted by Gasteiger charge is 2.33. The van der Waals surface area contributed by atoms with E-state index < -0.39 is 5.97 Å². The van der Waals surface area contributed by atoms with Gasteiger partial charge < -0.3 is 4.74 Å². The molecule has 0 radical (unpaired) electrons. The fourth-order valence-corrected chi connectivity index (χ4v) is 3.69. The third-order valence-electron chi connectivity index (χ3n) is 3.51. The van der Waals surface area contributed by atoms with Crippen molar-refractivity contribution in [1.29, 1.82) is 0 Å². The van der Waals surface area contributed by atoms with Crippen LogP contribution in [0.25, 0.3) is 6.08 Å². The van der Waals surface area contributed by atoms with E-state index >= 15 is 0 Å². The van der Waals surface area contributed by atoms with Crippen LogP contribution in [0.2, 0.25) is 5.02 Å². The monoisotopic (exact) mass is 389 g/mol.